The average Bonchev–Trinajstić information content (AvgIpc) is 2.86. The van der Waals surface area contributed by atoms with Crippen LogP contribution in [0.25, 0.3) is 0 Å². The number of carbonyl (C=O) groups excluding carboxylic acids is 1. The van der Waals surface area contributed by atoms with Crippen LogP contribution in [0.15, 0.2) is 11.7 Å². The first-order valence-corrected chi connectivity index (χ1v) is 6.18. The van der Waals surface area contributed by atoms with Crippen LogP contribution in [0.3, 0.4) is 0 Å². The highest BCUT2D eigenvalue weighted by Gasteiger charge is 2.15. The highest BCUT2D eigenvalue weighted by atomic mass is 32.1. The molecule has 0 fully saturated rings. The van der Waals surface area contributed by atoms with Crippen molar-refractivity contribution in [3.63, 3.8) is 0 Å². The van der Waals surface area contributed by atoms with E-state index in [9.17, 15) is 4.79 Å². The summed E-state index contributed by atoms with van der Waals surface area (Å²) in [6.45, 7) is 1.97. The average molecular weight is 239 g/mol. The number of aromatic nitrogens is 3. The van der Waals surface area contributed by atoms with Gasteiger partial charge in [-0.25, -0.2) is 0 Å². The number of carbonyl (C=O) groups is 1. The number of aryl methyl sites for hydroxylation is 1. The summed E-state index contributed by atoms with van der Waals surface area (Å²) in [6.07, 6.45) is 2.88. The minimum atomic E-state index is 0.0890. The molecule has 0 N–H and O–H groups in total. The fraction of sp³-hybridized carbons (Fsp3) is 0.333. The molecule has 6 heteroatoms. The zero-order chi connectivity index (χ0) is 10.7. The molecule has 78 valence electrons. The first kappa shape index (κ1) is 10.4. The van der Waals surface area contributed by atoms with Crippen molar-refractivity contribution < 1.29 is 4.79 Å². The maximum absolute atomic E-state index is 11.9. The second kappa shape index (κ2) is 4.59. The molecule has 2 aromatic heterocycles. The maximum atomic E-state index is 11.9. The lowest BCUT2D eigenvalue weighted by Gasteiger charge is -1.95. The van der Waals surface area contributed by atoms with Crippen LogP contribution in [0.4, 0.5) is 0 Å². The van der Waals surface area contributed by atoms with Crippen LogP contribution in [0, 0.1) is 0 Å². The zero-order valence-corrected chi connectivity index (χ0v) is 9.77. The normalized spacial score (nSPS) is 10.5. The van der Waals surface area contributed by atoms with Crippen LogP contribution in [0.1, 0.15) is 27.2 Å². The van der Waals surface area contributed by atoms with Crippen LogP contribution in [-0.2, 0) is 12.8 Å². The topological polar surface area (TPSA) is 55.7 Å². The summed E-state index contributed by atoms with van der Waals surface area (Å²) in [5.74, 6) is 0.0890. The molecule has 0 unspecified atom stereocenters. The van der Waals surface area contributed by atoms with Gasteiger partial charge in [-0.05, 0) is 18.0 Å². The summed E-state index contributed by atoms with van der Waals surface area (Å²) in [6, 6.07) is 0. The van der Waals surface area contributed by atoms with Crippen LogP contribution in [0.5, 0.6) is 0 Å². The Kier molecular flexibility index (Phi) is 3.17. The van der Waals surface area contributed by atoms with Crippen molar-refractivity contribution >= 4 is 28.7 Å². The minimum Gasteiger partial charge on any atom is -0.293 e. The minimum absolute atomic E-state index is 0.0890. The van der Waals surface area contributed by atoms with Crippen molar-refractivity contribution in [2.45, 2.75) is 19.8 Å². The first-order valence-electron chi connectivity index (χ1n) is 4.53. The fourth-order valence-electron chi connectivity index (χ4n) is 1.22. The Morgan fingerprint density at radius 2 is 2.40 bits per heavy atom. The molecule has 0 radical (unpaired) electrons. The van der Waals surface area contributed by atoms with Gasteiger partial charge in [-0.15, -0.1) is 16.4 Å². The molecule has 0 aliphatic rings. The van der Waals surface area contributed by atoms with E-state index >= 15 is 0 Å². The monoisotopic (exact) mass is 239 g/mol. The second-order valence-electron chi connectivity index (χ2n) is 2.97. The zero-order valence-electron chi connectivity index (χ0n) is 8.14. The predicted octanol–water partition coefficient (Wildman–Crippen LogP) is 1.98. The number of ketones is 1. The molecule has 0 aliphatic heterocycles. The lowest BCUT2D eigenvalue weighted by atomic mass is 10.2. The third-order valence-corrected chi connectivity index (χ3v) is 3.55. The molecular formula is C9H9N3OS2. The quantitative estimate of drug-likeness (QED) is 0.766. The molecule has 0 bridgehead atoms. The molecule has 4 nitrogen and oxygen atoms in total. The molecule has 0 saturated heterocycles. The number of nitrogens with zero attached hydrogens (tertiary/aromatic N) is 3. The van der Waals surface area contributed by atoms with E-state index in [2.05, 4.69) is 14.6 Å². The third-order valence-electron chi connectivity index (χ3n) is 1.96. The van der Waals surface area contributed by atoms with E-state index < -0.39 is 0 Å². The van der Waals surface area contributed by atoms with E-state index in [1.54, 1.807) is 11.7 Å². The van der Waals surface area contributed by atoms with Crippen molar-refractivity contribution in [1.82, 2.24) is 14.6 Å². The Labute approximate surface area is 95.2 Å². The van der Waals surface area contributed by atoms with Gasteiger partial charge in [-0.1, -0.05) is 11.4 Å². The van der Waals surface area contributed by atoms with Crippen LogP contribution >= 0.6 is 22.9 Å². The second-order valence-corrected chi connectivity index (χ2v) is 4.70. The molecular weight excluding hydrogens is 230 g/mol. The smallest absolute Gasteiger partial charge is 0.181 e. The van der Waals surface area contributed by atoms with Crippen molar-refractivity contribution in [2.24, 2.45) is 0 Å². The molecule has 0 atom stereocenters. The van der Waals surface area contributed by atoms with Crippen molar-refractivity contribution in [3.8, 4) is 0 Å². The van der Waals surface area contributed by atoms with Gasteiger partial charge in [0.25, 0.3) is 0 Å². The van der Waals surface area contributed by atoms with Crippen LogP contribution < -0.4 is 0 Å². The van der Waals surface area contributed by atoms with E-state index in [-0.39, 0.29) is 5.78 Å². The Morgan fingerprint density at radius 1 is 1.53 bits per heavy atom. The number of hydrogen-bond donors (Lipinski definition) is 0. The van der Waals surface area contributed by atoms with Gasteiger partial charge in [0.05, 0.1) is 11.2 Å². The molecule has 15 heavy (non-hydrogen) atoms. The predicted molar refractivity (Wildman–Crippen MR) is 59.4 cm³/mol. The Bertz CT molecular complexity index is 450. The molecule has 0 spiro atoms. The first-order chi connectivity index (χ1) is 7.31. The summed E-state index contributed by atoms with van der Waals surface area (Å²) in [5, 5.41) is 3.92. The number of Topliss-reactive ketones (excluding diaryl/α,β-unsaturated/α-hetero) is 1. The van der Waals surface area contributed by atoms with Gasteiger partial charge in [0, 0.05) is 17.5 Å². The molecule has 2 heterocycles. The van der Waals surface area contributed by atoms with Gasteiger partial charge >= 0.3 is 0 Å². The summed E-state index contributed by atoms with van der Waals surface area (Å²) in [5.41, 5.74) is 2.53. The fourth-order valence-corrected chi connectivity index (χ4v) is 2.50. The van der Waals surface area contributed by atoms with Crippen LogP contribution in [-0.4, -0.2) is 20.4 Å². The van der Waals surface area contributed by atoms with Gasteiger partial charge in [0.1, 0.15) is 4.88 Å². The third kappa shape index (κ3) is 2.27. The molecule has 2 aromatic rings. The largest absolute Gasteiger partial charge is 0.293 e. The summed E-state index contributed by atoms with van der Waals surface area (Å²) in [4.78, 5) is 17.5. The van der Waals surface area contributed by atoms with E-state index in [1.807, 2.05) is 6.92 Å². The van der Waals surface area contributed by atoms with E-state index in [1.165, 1.54) is 22.9 Å². The highest BCUT2D eigenvalue weighted by molar-refractivity contribution is 7.10. The maximum Gasteiger partial charge on any atom is 0.181 e. The lowest BCUT2D eigenvalue weighted by Crippen LogP contribution is -2.03. The summed E-state index contributed by atoms with van der Waals surface area (Å²) < 4.78 is 3.80. The number of rotatable bonds is 4. The Morgan fingerprint density at radius 3 is 3.07 bits per heavy atom. The Hall–Kier alpha value is -1.14. The summed E-state index contributed by atoms with van der Waals surface area (Å²) in [7, 11) is 0. The molecule has 0 amide bonds. The molecule has 2 rings (SSSR count). The van der Waals surface area contributed by atoms with Gasteiger partial charge < -0.3 is 0 Å². The molecule has 0 saturated carbocycles. The van der Waals surface area contributed by atoms with E-state index in [4.69, 9.17) is 0 Å². The lowest BCUT2D eigenvalue weighted by molar-refractivity contribution is 0.0996. The van der Waals surface area contributed by atoms with E-state index in [0.29, 0.717) is 11.3 Å². The Balaban J connectivity index is 2.15. The van der Waals surface area contributed by atoms with Crippen molar-refractivity contribution in [1.29, 1.82) is 0 Å². The van der Waals surface area contributed by atoms with Gasteiger partial charge in [0.2, 0.25) is 0 Å². The van der Waals surface area contributed by atoms with Gasteiger partial charge in [0.15, 0.2) is 5.78 Å². The SMILES string of the molecule is CCc1nnsc1C(=O)Cc1cncs1. The molecule has 0 aliphatic carbocycles. The van der Waals surface area contributed by atoms with Crippen molar-refractivity contribution in [2.75, 3.05) is 0 Å². The van der Waals surface area contributed by atoms with E-state index in [0.717, 1.165) is 17.0 Å². The highest BCUT2D eigenvalue weighted by Crippen LogP contribution is 2.16. The van der Waals surface area contributed by atoms with Gasteiger partial charge in [-0.2, -0.15) is 0 Å². The number of hydrogen-bond acceptors (Lipinski definition) is 6. The van der Waals surface area contributed by atoms with Crippen molar-refractivity contribution in [3.05, 3.63) is 27.2 Å². The molecule has 0 aromatic carbocycles. The van der Waals surface area contributed by atoms with Crippen LogP contribution in [0.2, 0.25) is 0 Å². The summed E-state index contributed by atoms with van der Waals surface area (Å²) >= 11 is 2.67. The van der Waals surface area contributed by atoms with Gasteiger partial charge in [-0.3, -0.25) is 9.78 Å². The standard InChI is InChI=1S/C9H9N3OS2/c1-2-7-9(15-12-11-7)8(13)3-6-4-10-5-14-6/h4-5H,2-3H2,1H3. The number of thiazole rings is 1.